The molecule has 1 aliphatic rings. The van der Waals surface area contributed by atoms with Crippen molar-refractivity contribution in [3.05, 3.63) is 84.8 Å². The van der Waals surface area contributed by atoms with Crippen molar-refractivity contribution >= 4 is 16.6 Å². The van der Waals surface area contributed by atoms with Gasteiger partial charge in [0.2, 0.25) is 0 Å². The van der Waals surface area contributed by atoms with Crippen LogP contribution in [0.2, 0.25) is 0 Å². The van der Waals surface area contributed by atoms with Gasteiger partial charge in [0.25, 0.3) is 0 Å². The second kappa shape index (κ2) is 9.26. The van der Waals surface area contributed by atoms with Gasteiger partial charge in [0.1, 0.15) is 18.2 Å². The molecule has 0 spiro atoms. The zero-order chi connectivity index (χ0) is 24.5. The second-order valence-electron chi connectivity index (χ2n) is 8.66. The molecular formula is C29H26N4O3. The first-order valence-electron chi connectivity index (χ1n) is 11.8. The third-order valence-electron chi connectivity index (χ3n) is 6.59. The van der Waals surface area contributed by atoms with Gasteiger partial charge in [-0.15, -0.1) is 0 Å². The molecule has 0 atom stereocenters. The van der Waals surface area contributed by atoms with Crippen LogP contribution in [0.15, 0.2) is 79.3 Å². The molecule has 0 saturated carbocycles. The topological polar surface area (TPSA) is 72.5 Å². The van der Waals surface area contributed by atoms with Crippen molar-refractivity contribution in [2.24, 2.45) is 0 Å². The van der Waals surface area contributed by atoms with Crippen LogP contribution < -0.4 is 19.1 Å². The zero-order valence-electron chi connectivity index (χ0n) is 20.2. The fourth-order valence-corrected chi connectivity index (χ4v) is 4.76. The van der Waals surface area contributed by atoms with Crippen LogP contribution >= 0.6 is 0 Å². The highest BCUT2D eigenvalue weighted by Crippen LogP contribution is 2.38. The quantitative estimate of drug-likeness (QED) is 0.349. The number of nitrogens with one attached hydrogen (secondary N) is 1. The fourth-order valence-electron chi connectivity index (χ4n) is 4.76. The molecule has 0 radical (unpaired) electrons. The van der Waals surface area contributed by atoms with Crippen LogP contribution in [0.25, 0.3) is 33.4 Å². The third kappa shape index (κ3) is 3.98. The predicted octanol–water partition coefficient (Wildman–Crippen LogP) is 5.71. The van der Waals surface area contributed by atoms with Gasteiger partial charge in [-0.3, -0.25) is 4.98 Å². The summed E-state index contributed by atoms with van der Waals surface area (Å²) < 4.78 is 17.2. The first-order valence-corrected chi connectivity index (χ1v) is 11.8. The largest absolute Gasteiger partial charge is 0.493 e. The number of methoxy groups -OCH3 is 2. The molecule has 6 rings (SSSR count). The Morgan fingerprint density at radius 2 is 1.61 bits per heavy atom. The van der Waals surface area contributed by atoms with Crippen LogP contribution in [0, 0.1) is 0 Å². The molecule has 0 bridgehead atoms. The van der Waals surface area contributed by atoms with Gasteiger partial charge in [-0.05, 0) is 35.4 Å². The Hall–Kier alpha value is -4.52. The van der Waals surface area contributed by atoms with E-state index in [9.17, 15) is 0 Å². The molecule has 1 N–H and O–H groups in total. The average Bonchev–Trinajstić information content (AvgIpc) is 3.39. The minimum Gasteiger partial charge on any atom is -0.493 e. The van der Waals surface area contributed by atoms with Gasteiger partial charge < -0.3 is 24.1 Å². The van der Waals surface area contributed by atoms with Crippen LogP contribution in [0.4, 0.5) is 5.69 Å². The number of hydrogen-bond acceptors (Lipinski definition) is 6. The van der Waals surface area contributed by atoms with E-state index in [1.807, 2.05) is 24.5 Å². The summed E-state index contributed by atoms with van der Waals surface area (Å²) in [7, 11) is 3.29. The summed E-state index contributed by atoms with van der Waals surface area (Å²) in [5.41, 5.74) is 6.45. The van der Waals surface area contributed by atoms with E-state index in [0.29, 0.717) is 18.1 Å². The van der Waals surface area contributed by atoms with Crippen molar-refractivity contribution in [3.63, 3.8) is 0 Å². The molecule has 0 aliphatic carbocycles. The number of ether oxygens (including phenoxy) is 3. The molecule has 3 aromatic carbocycles. The van der Waals surface area contributed by atoms with E-state index < -0.39 is 0 Å². The van der Waals surface area contributed by atoms with E-state index in [1.54, 1.807) is 20.4 Å². The fraction of sp³-hybridized carbons (Fsp3) is 0.172. The molecule has 0 amide bonds. The normalized spacial score (nSPS) is 13.1. The molecule has 180 valence electrons. The van der Waals surface area contributed by atoms with E-state index in [0.717, 1.165) is 63.5 Å². The maximum atomic E-state index is 6.14. The lowest BCUT2D eigenvalue weighted by molar-refractivity contribution is 0.332. The van der Waals surface area contributed by atoms with E-state index in [1.165, 1.54) is 0 Å². The van der Waals surface area contributed by atoms with Crippen molar-refractivity contribution in [3.8, 4) is 39.8 Å². The maximum absolute atomic E-state index is 6.14. The van der Waals surface area contributed by atoms with Crippen LogP contribution in [-0.2, 0) is 6.54 Å². The number of H-pyrrole nitrogens is 1. The lowest BCUT2D eigenvalue weighted by Gasteiger charge is -2.24. The van der Waals surface area contributed by atoms with E-state index in [-0.39, 0.29) is 0 Å². The number of anilines is 1. The molecule has 36 heavy (non-hydrogen) atoms. The smallest absolute Gasteiger partial charge is 0.162 e. The van der Waals surface area contributed by atoms with Gasteiger partial charge in [-0.25, -0.2) is 4.98 Å². The molecule has 0 saturated heterocycles. The number of benzene rings is 3. The predicted molar refractivity (Wildman–Crippen MR) is 141 cm³/mol. The number of aromatic nitrogens is 3. The number of nitrogens with zero attached hydrogens (tertiary/aromatic N) is 3. The number of aromatic amines is 1. The van der Waals surface area contributed by atoms with Crippen LogP contribution in [0.3, 0.4) is 0 Å². The standard InChI is InChI=1S/C29H26N4O3/c1-34-27-16-23-24(17-28(27)35-2)30-10-9-25(23)33-13-14-36-26-8-7-21(15-22(26)18-33)19-3-5-20(6-4-19)29-31-11-12-32-29/h3-12,15-17H,13-14,18H2,1-2H3,(H,31,32). The summed E-state index contributed by atoms with van der Waals surface area (Å²) in [5.74, 6) is 3.14. The Morgan fingerprint density at radius 3 is 2.39 bits per heavy atom. The van der Waals surface area contributed by atoms with Crippen molar-refractivity contribution in [2.75, 3.05) is 32.3 Å². The summed E-state index contributed by atoms with van der Waals surface area (Å²) in [5, 5.41) is 1.02. The van der Waals surface area contributed by atoms with Crippen LogP contribution in [0.1, 0.15) is 5.56 Å². The lowest BCUT2D eigenvalue weighted by Crippen LogP contribution is -2.25. The highest BCUT2D eigenvalue weighted by atomic mass is 16.5. The zero-order valence-corrected chi connectivity index (χ0v) is 20.2. The molecular weight excluding hydrogens is 452 g/mol. The Bertz CT molecular complexity index is 1510. The van der Waals surface area contributed by atoms with Crippen molar-refractivity contribution in [1.29, 1.82) is 0 Å². The van der Waals surface area contributed by atoms with E-state index >= 15 is 0 Å². The molecule has 7 heteroatoms. The van der Waals surface area contributed by atoms with Gasteiger partial charge in [-0.2, -0.15) is 0 Å². The first-order chi connectivity index (χ1) is 17.7. The SMILES string of the molecule is COc1cc2nccc(N3CCOc4ccc(-c5ccc(-c6ncc[nH]6)cc5)cc4C3)c2cc1OC. The van der Waals surface area contributed by atoms with Crippen LogP contribution in [-0.4, -0.2) is 42.3 Å². The van der Waals surface area contributed by atoms with Gasteiger partial charge in [0.05, 0.1) is 26.3 Å². The summed E-state index contributed by atoms with van der Waals surface area (Å²) in [6.45, 7) is 2.08. The van der Waals surface area contributed by atoms with Crippen molar-refractivity contribution < 1.29 is 14.2 Å². The van der Waals surface area contributed by atoms with Gasteiger partial charge >= 0.3 is 0 Å². The van der Waals surface area contributed by atoms with Gasteiger partial charge in [0.15, 0.2) is 11.5 Å². The lowest BCUT2D eigenvalue weighted by atomic mass is 10.0. The number of hydrogen-bond donors (Lipinski definition) is 1. The second-order valence-corrected chi connectivity index (χ2v) is 8.66. The molecule has 0 unspecified atom stereocenters. The maximum Gasteiger partial charge on any atom is 0.162 e. The summed E-state index contributed by atoms with van der Waals surface area (Å²) in [6.07, 6.45) is 5.44. The Labute approximate surface area is 209 Å². The minimum atomic E-state index is 0.599. The van der Waals surface area contributed by atoms with E-state index in [2.05, 4.69) is 68.4 Å². The number of rotatable bonds is 5. The number of pyridine rings is 1. The summed E-state index contributed by atoms with van der Waals surface area (Å²) in [4.78, 5) is 14.4. The highest BCUT2D eigenvalue weighted by Gasteiger charge is 2.20. The Balaban J connectivity index is 1.34. The minimum absolute atomic E-state index is 0.599. The van der Waals surface area contributed by atoms with E-state index in [4.69, 9.17) is 14.2 Å². The molecule has 7 nitrogen and oxygen atoms in total. The number of imidazole rings is 1. The number of fused-ring (bicyclic) bond motifs is 2. The van der Waals surface area contributed by atoms with Crippen LogP contribution in [0.5, 0.6) is 17.2 Å². The van der Waals surface area contributed by atoms with Crippen molar-refractivity contribution in [1.82, 2.24) is 15.0 Å². The average molecular weight is 479 g/mol. The van der Waals surface area contributed by atoms with Gasteiger partial charge in [-0.1, -0.05) is 30.3 Å². The van der Waals surface area contributed by atoms with Crippen molar-refractivity contribution in [2.45, 2.75) is 6.54 Å². The molecule has 3 heterocycles. The monoisotopic (exact) mass is 478 g/mol. The highest BCUT2D eigenvalue weighted by molar-refractivity contribution is 5.94. The Kier molecular flexibility index (Phi) is 5.65. The molecule has 5 aromatic rings. The summed E-state index contributed by atoms with van der Waals surface area (Å²) in [6, 6.07) is 20.8. The molecule has 1 aliphatic heterocycles. The first kappa shape index (κ1) is 22.0. The summed E-state index contributed by atoms with van der Waals surface area (Å²) >= 11 is 0. The third-order valence-corrected chi connectivity index (χ3v) is 6.59. The molecule has 0 fully saturated rings. The Morgan fingerprint density at radius 1 is 0.833 bits per heavy atom. The van der Waals surface area contributed by atoms with Gasteiger partial charge in [0, 0.05) is 53.4 Å². The molecule has 2 aromatic heterocycles.